The topological polar surface area (TPSA) is 103 Å². The molecule has 2 heterocycles. The zero-order chi connectivity index (χ0) is 14.7. The molecule has 7 nitrogen and oxygen atoms in total. The number of carboxylic acid groups (broad SMARTS) is 1. The first kappa shape index (κ1) is 14.3. The van der Waals surface area contributed by atoms with Gasteiger partial charge in [0.25, 0.3) is 0 Å². The van der Waals surface area contributed by atoms with Crippen molar-refractivity contribution in [1.82, 2.24) is 15.2 Å². The maximum atomic E-state index is 12.0. The number of pyridine rings is 1. The number of aryl methyl sites for hydroxylation is 1. The minimum atomic E-state index is -1.11. The fourth-order valence-electron chi connectivity index (χ4n) is 2.24. The highest BCUT2D eigenvalue weighted by Gasteiger charge is 2.38. The first-order valence-corrected chi connectivity index (χ1v) is 6.35. The zero-order valence-corrected chi connectivity index (χ0v) is 11.1. The van der Waals surface area contributed by atoms with Crippen LogP contribution in [0, 0.1) is 6.92 Å². The fraction of sp³-hybridized carbons (Fsp3) is 0.462. The number of β-amino-alcohol motifs (C(OH)–C–C–N with tert-alkyl or cyclic N) is 1. The molecule has 1 saturated heterocycles. The summed E-state index contributed by atoms with van der Waals surface area (Å²) in [5, 5.41) is 21.1. The van der Waals surface area contributed by atoms with E-state index >= 15 is 0 Å². The van der Waals surface area contributed by atoms with E-state index in [4.69, 9.17) is 5.11 Å². The van der Waals surface area contributed by atoms with Crippen LogP contribution in [0.4, 0.5) is 4.79 Å². The minimum Gasteiger partial charge on any atom is -0.480 e. The Balaban J connectivity index is 1.96. The number of aliphatic hydroxyl groups is 1. The average molecular weight is 279 g/mol. The molecule has 0 aliphatic carbocycles. The Morgan fingerprint density at radius 2 is 2.25 bits per heavy atom. The van der Waals surface area contributed by atoms with E-state index < -0.39 is 24.1 Å². The number of nitrogens with zero attached hydrogens (tertiary/aromatic N) is 2. The molecule has 2 amide bonds. The lowest BCUT2D eigenvalue weighted by atomic mass is 10.2. The van der Waals surface area contributed by atoms with Gasteiger partial charge in [-0.25, -0.2) is 9.59 Å². The van der Waals surface area contributed by atoms with E-state index in [0.29, 0.717) is 5.69 Å². The summed E-state index contributed by atoms with van der Waals surface area (Å²) in [6.45, 7) is 2.10. The van der Waals surface area contributed by atoms with Crippen LogP contribution >= 0.6 is 0 Å². The molecular weight excluding hydrogens is 262 g/mol. The summed E-state index contributed by atoms with van der Waals surface area (Å²) < 4.78 is 0. The number of aliphatic carboxylic acids is 1. The van der Waals surface area contributed by atoms with Crippen LogP contribution in [0.5, 0.6) is 0 Å². The minimum absolute atomic E-state index is 0.0318. The normalized spacial score (nSPS) is 21.8. The molecule has 7 heteroatoms. The molecule has 3 N–H and O–H groups in total. The van der Waals surface area contributed by atoms with E-state index in [1.54, 1.807) is 6.07 Å². The van der Waals surface area contributed by atoms with E-state index in [9.17, 15) is 14.7 Å². The molecule has 0 saturated carbocycles. The van der Waals surface area contributed by atoms with Gasteiger partial charge < -0.3 is 20.4 Å². The van der Waals surface area contributed by atoms with Crippen LogP contribution in [0.25, 0.3) is 0 Å². The maximum absolute atomic E-state index is 12.0. The van der Waals surface area contributed by atoms with Crippen LogP contribution in [0.1, 0.15) is 17.8 Å². The van der Waals surface area contributed by atoms with Gasteiger partial charge in [-0.3, -0.25) is 4.98 Å². The van der Waals surface area contributed by atoms with Crippen LogP contribution < -0.4 is 5.32 Å². The van der Waals surface area contributed by atoms with E-state index in [-0.39, 0.29) is 19.5 Å². The van der Waals surface area contributed by atoms with Gasteiger partial charge >= 0.3 is 12.0 Å². The molecule has 1 aliphatic rings. The van der Waals surface area contributed by atoms with Crippen molar-refractivity contribution >= 4 is 12.0 Å². The predicted molar refractivity (Wildman–Crippen MR) is 70.0 cm³/mol. The predicted octanol–water partition coefficient (Wildman–Crippen LogP) is 0.119. The molecule has 1 aromatic heterocycles. The van der Waals surface area contributed by atoms with E-state index in [2.05, 4.69) is 10.3 Å². The molecular formula is C13H17N3O4. The number of carbonyl (C=O) groups is 2. The Labute approximate surface area is 116 Å². The summed E-state index contributed by atoms with van der Waals surface area (Å²) in [5.74, 6) is -1.11. The Hall–Kier alpha value is -2.15. The lowest BCUT2D eigenvalue weighted by Crippen LogP contribution is -2.46. The lowest BCUT2D eigenvalue weighted by Gasteiger charge is -2.21. The SMILES string of the molecule is Cc1cccc(CNC(=O)N2CC(O)CC2C(=O)O)n1. The Bertz CT molecular complexity index is 520. The Kier molecular flexibility index (Phi) is 4.19. The third kappa shape index (κ3) is 3.24. The van der Waals surface area contributed by atoms with Crippen molar-refractivity contribution in [2.45, 2.75) is 32.0 Å². The molecule has 20 heavy (non-hydrogen) atoms. The highest BCUT2D eigenvalue weighted by Crippen LogP contribution is 2.18. The van der Waals surface area contributed by atoms with Gasteiger partial charge in [0.15, 0.2) is 0 Å². The van der Waals surface area contributed by atoms with Gasteiger partial charge in [-0.05, 0) is 19.1 Å². The molecule has 1 aromatic rings. The molecule has 0 radical (unpaired) electrons. The molecule has 2 atom stereocenters. The van der Waals surface area contributed by atoms with Crippen molar-refractivity contribution < 1.29 is 19.8 Å². The quantitative estimate of drug-likeness (QED) is 0.729. The van der Waals surface area contributed by atoms with Crippen molar-refractivity contribution in [1.29, 1.82) is 0 Å². The summed E-state index contributed by atoms with van der Waals surface area (Å²) in [6.07, 6.45) is -0.732. The number of rotatable bonds is 3. The van der Waals surface area contributed by atoms with Gasteiger partial charge in [0.2, 0.25) is 0 Å². The first-order valence-electron chi connectivity index (χ1n) is 6.35. The third-order valence-electron chi connectivity index (χ3n) is 3.19. The van der Waals surface area contributed by atoms with Crippen molar-refractivity contribution in [2.75, 3.05) is 6.54 Å². The second kappa shape index (κ2) is 5.87. The summed E-state index contributed by atoms with van der Waals surface area (Å²) in [4.78, 5) is 28.4. The number of hydrogen-bond donors (Lipinski definition) is 3. The molecule has 2 rings (SSSR count). The number of carboxylic acids is 1. The molecule has 1 fully saturated rings. The number of aliphatic hydroxyl groups excluding tert-OH is 1. The van der Waals surface area contributed by atoms with Gasteiger partial charge in [0, 0.05) is 18.7 Å². The Morgan fingerprint density at radius 3 is 2.90 bits per heavy atom. The van der Waals surface area contributed by atoms with Crippen LogP contribution in [0.2, 0.25) is 0 Å². The average Bonchev–Trinajstić information content (AvgIpc) is 2.78. The largest absolute Gasteiger partial charge is 0.480 e. The van der Waals surface area contributed by atoms with Gasteiger partial charge in [-0.1, -0.05) is 6.07 Å². The second-order valence-corrected chi connectivity index (χ2v) is 4.82. The second-order valence-electron chi connectivity index (χ2n) is 4.82. The van der Waals surface area contributed by atoms with Crippen molar-refractivity contribution in [2.24, 2.45) is 0 Å². The first-order chi connectivity index (χ1) is 9.47. The molecule has 0 bridgehead atoms. The highest BCUT2D eigenvalue weighted by atomic mass is 16.4. The maximum Gasteiger partial charge on any atom is 0.326 e. The van der Waals surface area contributed by atoms with Gasteiger partial charge in [0.05, 0.1) is 18.3 Å². The lowest BCUT2D eigenvalue weighted by molar-refractivity contribution is -0.141. The van der Waals surface area contributed by atoms with Crippen LogP contribution in [-0.4, -0.2) is 50.8 Å². The molecule has 2 unspecified atom stereocenters. The summed E-state index contributed by atoms with van der Waals surface area (Å²) in [7, 11) is 0. The van der Waals surface area contributed by atoms with Gasteiger partial charge in [0.1, 0.15) is 6.04 Å². The number of urea groups is 1. The smallest absolute Gasteiger partial charge is 0.326 e. The van der Waals surface area contributed by atoms with Crippen molar-refractivity contribution in [3.63, 3.8) is 0 Å². The fourth-order valence-corrected chi connectivity index (χ4v) is 2.24. The monoisotopic (exact) mass is 279 g/mol. The van der Waals surface area contributed by atoms with E-state index in [1.165, 1.54) is 0 Å². The van der Waals surface area contributed by atoms with Gasteiger partial charge in [-0.2, -0.15) is 0 Å². The third-order valence-corrected chi connectivity index (χ3v) is 3.19. The molecule has 1 aliphatic heterocycles. The molecule has 0 aromatic carbocycles. The van der Waals surface area contributed by atoms with Crippen LogP contribution in [-0.2, 0) is 11.3 Å². The number of likely N-dealkylation sites (tertiary alicyclic amines) is 1. The van der Waals surface area contributed by atoms with Crippen LogP contribution in [0.15, 0.2) is 18.2 Å². The van der Waals surface area contributed by atoms with Crippen molar-refractivity contribution in [3.05, 3.63) is 29.6 Å². The van der Waals surface area contributed by atoms with Crippen LogP contribution in [0.3, 0.4) is 0 Å². The van der Waals surface area contributed by atoms with E-state index in [0.717, 1.165) is 10.6 Å². The summed E-state index contributed by atoms with van der Waals surface area (Å²) in [5.41, 5.74) is 1.54. The highest BCUT2D eigenvalue weighted by molar-refractivity contribution is 5.83. The number of amides is 2. The standard InChI is InChI=1S/C13H17N3O4/c1-8-3-2-4-9(15-8)6-14-13(20)16-7-10(17)5-11(16)12(18)19/h2-4,10-11,17H,5-7H2,1H3,(H,14,20)(H,18,19). The Morgan fingerprint density at radius 1 is 1.50 bits per heavy atom. The number of aromatic nitrogens is 1. The summed E-state index contributed by atoms with van der Waals surface area (Å²) in [6, 6.07) is 3.99. The molecule has 0 spiro atoms. The number of carbonyl (C=O) groups excluding carboxylic acids is 1. The molecule has 108 valence electrons. The van der Waals surface area contributed by atoms with Crippen molar-refractivity contribution in [3.8, 4) is 0 Å². The summed E-state index contributed by atoms with van der Waals surface area (Å²) >= 11 is 0. The van der Waals surface area contributed by atoms with Gasteiger partial charge in [-0.15, -0.1) is 0 Å². The van der Waals surface area contributed by atoms with E-state index in [1.807, 2.05) is 19.1 Å². The number of hydrogen-bond acceptors (Lipinski definition) is 4. The zero-order valence-electron chi connectivity index (χ0n) is 11.1. The number of nitrogens with one attached hydrogen (secondary N) is 1.